The molecule has 3 rings (SSSR count). The van der Waals surface area contributed by atoms with Gasteiger partial charge in [0.15, 0.2) is 0 Å². The zero-order valence-electron chi connectivity index (χ0n) is 14.1. The van der Waals surface area contributed by atoms with Crippen LogP contribution in [0.1, 0.15) is 45.7 Å². The molecule has 0 saturated carbocycles. The lowest BCUT2D eigenvalue weighted by Gasteiger charge is -2.44. The number of benzene rings is 1. The normalized spacial score (nSPS) is 19.0. The predicted molar refractivity (Wildman–Crippen MR) is 92.6 cm³/mol. The molecule has 0 atom stereocenters. The van der Waals surface area contributed by atoms with Gasteiger partial charge in [-0.25, -0.2) is 0 Å². The van der Waals surface area contributed by atoms with Crippen LogP contribution in [0.5, 0.6) is 0 Å². The quantitative estimate of drug-likeness (QED) is 0.837. The van der Waals surface area contributed by atoms with E-state index >= 15 is 0 Å². The molecule has 2 aromatic rings. The second-order valence-corrected chi connectivity index (χ2v) is 7.23. The molecule has 1 aromatic carbocycles. The van der Waals surface area contributed by atoms with Crippen molar-refractivity contribution in [3.63, 3.8) is 0 Å². The van der Waals surface area contributed by atoms with Crippen LogP contribution in [0.2, 0.25) is 0 Å². The van der Waals surface area contributed by atoms with Crippen molar-refractivity contribution in [1.82, 2.24) is 4.98 Å². The number of nitrogens with zero attached hydrogens (tertiary/aromatic N) is 1. The van der Waals surface area contributed by atoms with Crippen LogP contribution in [0.15, 0.2) is 53.9 Å². The van der Waals surface area contributed by atoms with E-state index in [4.69, 9.17) is 5.73 Å². The molecule has 1 aliphatic carbocycles. The van der Waals surface area contributed by atoms with Gasteiger partial charge in [0, 0.05) is 28.3 Å². The first kappa shape index (κ1) is 14.8. The first-order valence-corrected chi connectivity index (χ1v) is 7.80. The summed E-state index contributed by atoms with van der Waals surface area (Å²) in [5, 5.41) is 0. The van der Waals surface area contributed by atoms with E-state index in [2.05, 4.69) is 63.9 Å². The van der Waals surface area contributed by atoms with E-state index in [1.54, 1.807) is 0 Å². The third-order valence-corrected chi connectivity index (χ3v) is 5.32. The molecule has 1 aromatic heterocycles. The van der Waals surface area contributed by atoms with Gasteiger partial charge in [0.25, 0.3) is 0 Å². The molecule has 1 aliphatic rings. The van der Waals surface area contributed by atoms with Gasteiger partial charge >= 0.3 is 0 Å². The molecule has 0 bridgehead atoms. The Morgan fingerprint density at radius 1 is 0.909 bits per heavy atom. The molecule has 0 spiro atoms. The van der Waals surface area contributed by atoms with Crippen LogP contribution in [0.25, 0.3) is 11.3 Å². The van der Waals surface area contributed by atoms with Crippen molar-refractivity contribution in [2.75, 3.05) is 0 Å². The SMILES string of the molecule is CC1=C(N)C(C)(C)c2cccc(-c3ccccn3)c2C1(C)C. The Kier molecular flexibility index (Phi) is 3.17. The summed E-state index contributed by atoms with van der Waals surface area (Å²) >= 11 is 0. The Balaban J connectivity index is 2.38. The Morgan fingerprint density at radius 2 is 1.64 bits per heavy atom. The van der Waals surface area contributed by atoms with Gasteiger partial charge in [0.1, 0.15) is 0 Å². The number of rotatable bonds is 1. The summed E-state index contributed by atoms with van der Waals surface area (Å²) in [5.41, 5.74) is 13.4. The average Bonchev–Trinajstić information content (AvgIpc) is 2.52. The Bertz CT molecular complexity index is 753. The molecule has 0 amide bonds. The molecule has 22 heavy (non-hydrogen) atoms. The fourth-order valence-corrected chi connectivity index (χ4v) is 3.62. The van der Waals surface area contributed by atoms with Crippen molar-refractivity contribution in [2.24, 2.45) is 5.73 Å². The molecule has 1 heterocycles. The summed E-state index contributed by atoms with van der Waals surface area (Å²) in [6.45, 7) is 11.1. The second kappa shape index (κ2) is 4.70. The van der Waals surface area contributed by atoms with Crippen molar-refractivity contribution in [3.8, 4) is 11.3 Å². The van der Waals surface area contributed by atoms with Gasteiger partial charge in [0.05, 0.1) is 5.69 Å². The van der Waals surface area contributed by atoms with E-state index in [1.807, 2.05) is 18.3 Å². The van der Waals surface area contributed by atoms with Gasteiger partial charge in [-0.1, -0.05) is 52.0 Å². The average molecular weight is 292 g/mol. The lowest BCUT2D eigenvalue weighted by atomic mass is 9.61. The number of fused-ring (bicyclic) bond motifs is 1. The Labute approximate surface area is 133 Å². The molecule has 2 heteroatoms. The van der Waals surface area contributed by atoms with E-state index in [9.17, 15) is 0 Å². The molecule has 0 fully saturated rings. The molecule has 2 nitrogen and oxygen atoms in total. The summed E-state index contributed by atoms with van der Waals surface area (Å²) in [6.07, 6.45) is 1.85. The zero-order valence-corrected chi connectivity index (χ0v) is 14.1. The van der Waals surface area contributed by atoms with E-state index in [0.717, 1.165) is 11.4 Å². The highest BCUT2D eigenvalue weighted by molar-refractivity contribution is 5.71. The predicted octanol–water partition coefficient (Wildman–Crippen LogP) is 4.55. The number of nitrogens with two attached hydrogens (primary N) is 1. The monoisotopic (exact) mass is 292 g/mol. The number of allylic oxidation sites excluding steroid dienone is 2. The standard InChI is InChI=1S/C20H24N2/c1-13-18(21)20(4,5)15-10-8-9-14(17(15)19(13,2)3)16-11-6-7-12-22-16/h6-12H,21H2,1-5H3. The van der Waals surface area contributed by atoms with Crippen LogP contribution in [0, 0.1) is 0 Å². The van der Waals surface area contributed by atoms with Crippen LogP contribution >= 0.6 is 0 Å². The Hall–Kier alpha value is -2.09. The summed E-state index contributed by atoms with van der Waals surface area (Å²) in [4.78, 5) is 4.57. The van der Waals surface area contributed by atoms with Crippen LogP contribution in [0.3, 0.4) is 0 Å². The third kappa shape index (κ3) is 1.90. The van der Waals surface area contributed by atoms with Crippen molar-refractivity contribution in [1.29, 1.82) is 0 Å². The van der Waals surface area contributed by atoms with Crippen LogP contribution in [0.4, 0.5) is 0 Å². The minimum atomic E-state index is -0.153. The molecule has 114 valence electrons. The van der Waals surface area contributed by atoms with Crippen molar-refractivity contribution < 1.29 is 0 Å². The van der Waals surface area contributed by atoms with E-state index in [1.165, 1.54) is 22.3 Å². The summed E-state index contributed by atoms with van der Waals surface area (Å²) in [6, 6.07) is 12.6. The van der Waals surface area contributed by atoms with Crippen LogP contribution in [-0.2, 0) is 10.8 Å². The molecular weight excluding hydrogens is 268 g/mol. The van der Waals surface area contributed by atoms with Crippen molar-refractivity contribution in [2.45, 2.75) is 45.4 Å². The van der Waals surface area contributed by atoms with Gasteiger partial charge in [-0.05, 0) is 35.8 Å². The fourth-order valence-electron chi connectivity index (χ4n) is 3.62. The maximum atomic E-state index is 6.50. The van der Waals surface area contributed by atoms with E-state index in [-0.39, 0.29) is 10.8 Å². The smallest absolute Gasteiger partial charge is 0.0705 e. The van der Waals surface area contributed by atoms with Gasteiger partial charge in [0.2, 0.25) is 0 Å². The first-order chi connectivity index (χ1) is 10.3. The zero-order chi connectivity index (χ0) is 16.1. The third-order valence-electron chi connectivity index (χ3n) is 5.32. The second-order valence-electron chi connectivity index (χ2n) is 7.23. The van der Waals surface area contributed by atoms with Crippen LogP contribution < -0.4 is 5.73 Å². The van der Waals surface area contributed by atoms with E-state index < -0.39 is 0 Å². The van der Waals surface area contributed by atoms with E-state index in [0.29, 0.717) is 0 Å². The topological polar surface area (TPSA) is 38.9 Å². The van der Waals surface area contributed by atoms with Gasteiger partial charge in [-0.15, -0.1) is 0 Å². The molecular formula is C20H24N2. The first-order valence-electron chi connectivity index (χ1n) is 7.80. The van der Waals surface area contributed by atoms with Gasteiger partial charge in [-0.2, -0.15) is 0 Å². The summed E-state index contributed by atoms with van der Waals surface area (Å²) < 4.78 is 0. The highest BCUT2D eigenvalue weighted by Crippen LogP contribution is 2.50. The fraction of sp³-hybridized carbons (Fsp3) is 0.350. The van der Waals surface area contributed by atoms with Crippen LogP contribution in [-0.4, -0.2) is 4.98 Å². The maximum Gasteiger partial charge on any atom is 0.0705 e. The molecule has 0 unspecified atom stereocenters. The minimum absolute atomic E-state index is 0.0942. The summed E-state index contributed by atoms with van der Waals surface area (Å²) in [5.74, 6) is 0. The van der Waals surface area contributed by atoms with Crippen molar-refractivity contribution in [3.05, 3.63) is 65.0 Å². The highest BCUT2D eigenvalue weighted by Gasteiger charge is 2.42. The maximum absolute atomic E-state index is 6.50. The number of aromatic nitrogens is 1. The lowest BCUT2D eigenvalue weighted by Crippen LogP contribution is -2.40. The molecule has 0 aliphatic heterocycles. The number of hydrogen-bond acceptors (Lipinski definition) is 2. The number of pyridine rings is 1. The summed E-state index contributed by atoms with van der Waals surface area (Å²) in [7, 11) is 0. The largest absolute Gasteiger partial charge is 0.401 e. The Morgan fingerprint density at radius 3 is 2.27 bits per heavy atom. The molecule has 2 N–H and O–H groups in total. The number of hydrogen-bond donors (Lipinski definition) is 1. The molecule has 0 radical (unpaired) electrons. The molecule has 0 saturated heterocycles. The lowest BCUT2D eigenvalue weighted by molar-refractivity contribution is 0.500. The van der Waals surface area contributed by atoms with Gasteiger partial charge in [-0.3, -0.25) is 4.98 Å². The van der Waals surface area contributed by atoms with Gasteiger partial charge < -0.3 is 5.73 Å². The highest BCUT2D eigenvalue weighted by atomic mass is 14.7. The minimum Gasteiger partial charge on any atom is -0.401 e. The van der Waals surface area contributed by atoms with Crippen molar-refractivity contribution >= 4 is 0 Å².